The van der Waals surface area contributed by atoms with Gasteiger partial charge in [0.1, 0.15) is 0 Å². The molecule has 0 bridgehead atoms. The number of unbranched alkanes of at least 4 members (excludes halogenated alkanes) is 30. The molecule has 4 nitrogen and oxygen atoms in total. The van der Waals surface area contributed by atoms with Crippen molar-refractivity contribution in [2.75, 3.05) is 6.61 Å². The molecule has 0 spiro atoms. The van der Waals surface area contributed by atoms with Gasteiger partial charge in [-0.3, -0.25) is 4.18 Å². The molecule has 0 aliphatic rings. The minimum Gasteiger partial charge on any atom is -0.726 e. The fourth-order valence-electron chi connectivity index (χ4n) is 6.28. The average molecular weight is 665 g/mol. The predicted octanol–water partition coefficient (Wildman–Crippen LogP) is 10.6. The first-order chi connectivity index (χ1) is 21.5. The Hall–Kier alpha value is 0.610. The van der Waals surface area contributed by atoms with E-state index in [-0.39, 0.29) is 42.1 Å². The van der Waals surface area contributed by atoms with Gasteiger partial charge in [-0.15, -0.1) is 0 Å². The Labute approximate surface area is 305 Å². The normalized spacial score (nSPS) is 12.6. The van der Waals surface area contributed by atoms with Gasteiger partial charge in [0, 0.05) is 5.92 Å². The summed E-state index contributed by atoms with van der Waals surface area (Å²) < 4.78 is 37.6. The molecule has 0 fully saturated rings. The van der Waals surface area contributed by atoms with Crippen molar-refractivity contribution in [1.29, 1.82) is 0 Å². The average Bonchev–Trinajstić information content (AvgIpc) is 3.00. The Balaban J connectivity index is 0. The van der Waals surface area contributed by atoms with Crippen LogP contribution in [-0.4, -0.2) is 19.6 Å². The van der Waals surface area contributed by atoms with E-state index in [4.69, 9.17) is 0 Å². The van der Waals surface area contributed by atoms with Crippen LogP contribution in [0.1, 0.15) is 226 Å². The van der Waals surface area contributed by atoms with Crippen LogP contribution in [-0.2, 0) is 14.6 Å². The van der Waals surface area contributed by atoms with Crippen molar-refractivity contribution in [2.24, 2.45) is 5.92 Å². The molecular formula is C39H77NaO4S. The molecule has 0 aromatic rings. The summed E-state index contributed by atoms with van der Waals surface area (Å²) >= 11 is 0. The van der Waals surface area contributed by atoms with Crippen molar-refractivity contribution in [1.82, 2.24) is 0 Å². The first kappa shape index (κ1) is 47.7. The van der Waals surface area contributed by atoms with E-state index in [0.29, 0.717) is 0 Å². The van der Waals surface area contributed by atoms with E-state index in [9.17, 15) is 13.0 Å². The van der Waals surface area contributed by atoms with Gasteiger partial charge in [0.25, 0.3) is 0 Å². The van der Waals surface area contributed by atoms with Crippen LogP contribution in [0.3, 0.4) is 0 Å². The molecule has 0 saturated heterocycles. The van der Waals surface area contributed by atoms with Gasteiger partial charge in [-0.2, -0.15) is 0 Å². The molecule has 0 aliphatic carbocycles. The molecule has 264 valence electrons. The van der Waals surface area contributed by atoms with E-state index in [1.165, 1.54) is 193 Å². The van der Waals surface area contributed by atoms with Crippen LogP contribution < -0.4 is 29.6 Å². The van der Waals surface area contributed by atoms with E-state index in [1.807, 2.05) is 0 Å². The zero-order valence-electron chi connectivity index (χ0n) is 30.8. The van der Waals surface area contributed by atoms with Crippen LogP contribution >= 0.6 is 0 Å². The zero-order chi connectivity index (χ0) is 32.2. The smallest absolute Gasteiger partial charge is 0.726 e. The summed E-state index contributed by atoms with van der Waals surface area (Å²) in [5.41, 5.74) is 0. The van der Waals surface area contributed by atoms with Gasteiger partial charge >= 0.3 is 29.6 Å². The Morgan fingerprint density at radius 3 is 1.09 bits per heavy atom. The maximum atomic E-state index is 11.0. The summed E-state index contributed by atoms with van der Waals surface area (Å²) in [6.07, 6.45) is 48.2. The second-order valence-corrected chi connectivity index (χ2v) is 14.8. The van der Waals surface area contributed by atoms with Gasteiger partial charge in [0.05, 0.1) is 6.61 Å². The Kier molecular flexibility index (Phi) is 41.4. The third-order valence-corrected chi connectivity index (χ3v) is 9.66. The third kappa shape index (κ3) is 42.6. The van der Waals surface area contributed by atoms with Crippen LogP contribution in [0.4, 0.5) is 0 Å². The summed E-state index contributed by atoms with van der Waals surface area (Å²) in [5, 5.41) is 0. The van der Waals surface area contributed by atoms with Crippen molar-refractivity contribution >= 4 is 10.4 Å². The van der Waals surface area contributed by atoms with E-state index < -0.39 is 10.4 Å². The molecule has 0 amide bonds. The van der Waals surface area contributed by atoms with E-state index in [0.717, 1.165) is 19.3 Å². The van der Waals surface area contributed by atoms with Crippen molar-refractivity contribution in [3.8, 4) is 0 Å². The summed E-state index contributed by atoms with van der Waals surface area (Å²) in [4.78, 5) is 0. The molecule has 0 aromatic heterocycles. The number of allylic oxidation sites excluding steroid dienone is 1. The van der Waals surface area contributed by atoms with E-state index >= 15 is 0 Å². The van der Waals surface area contributed by atoms with Crippen molar-refractivity contribution < 1.29 is 46.7 Å². The molecule has 1 atom stereocenters. The molecule has 0 saturated carbocycles. The van der Waals surface area contributed by atoms with Gasteiger partial charge in [-0.1, -0.05) is 219 Å². The van der Waals surface area contributed by atoms with Crippen LogP contribution in [0.5, 0.6) is 0 Å². The zero-order valence-corrected chi connectivity index (χ0v) is 33.6. The largest absolute Gasteiger partial charge is 1.00 e. The summed E-state index contributed by atoms with van der Waals surface area (Å²) in [6, 6.07) is 0. The maximum absolute atomic E-state index is 11.0. The number of hydrogen-bond acceptors (Lipinski definition) is 4. The first-order valence-electron chi connectivity index (χ1n) is 19.8. The Bertz CT molecular complexity index is 683. The summed E-state index contributed by atoms with van der Waals surface area (Å²) in [6.45, 7) is 4.55. The minimum atomic E-state index is -4.63. The van der Waals surface area contributed by atoms with Gasteiger partial charge in [-0.25, -0.2) is 8.42 Å². The van der Waals surface area contributed by atoms with Gasteiger partial charge in [-0.05, 0) is 19.3 Å². The Morgan fingerprint density at radius 1 is 0.489 bits per heavy atom. The SMILES string of the molecule is CCCCCCCCCCCCCCCC/C=C/C(CCCCCCCCCCCCCCCCCCC)COS(=O)(=O)[O-].[Na+]. The van der Waals surface area contributed by atoms with Crippen molar-refractivity contribution in [3.05, 3.63) is 12.2 Å². The molecule has 0 aliphatic heterocycles. The summed E-state index contributed by atoms with van der Waals surface area (Å²) in [5.74, 6) is 0.0155. The van der Waals surface area contributed by atoms with Crippen LogP contribution in [0.25, 0.3) is 0 Å². The van der Waals surface area contributed by atoms with Gasteiger partial charge in [0.2, 0.25) is 10.4 Å². The molecule has 45 heavy (non-hydrogen) atoms. The van der Waals surface area contributed by atoms with Gasteiger partial charge in [0.15, 0.2) is 0 Å². The molecule has 0 rings (SSSR count). The number of hydrogen-bond donors (Lipinski definition) is 0. The van der Waals surface area contributed by atoms with E-state index in [1.54, 1.807) is 0 Å². The molecular weight excluding hydrogens is 587 g/mol. The standard InChI is InChI=1S/C39H78O4S.Na/c1-3-5-7-9-11-13-15-17-19-21-23-25-27-29-31-33-35-37-39(38-43-44(40,41)42)36-34-32-30-28-26-24-22-20-18-16-14-12-10-8-6-4-2;/h34,36,39H,3-33,35,37-38H2,1-2H3,(H,40,41,42);/q;+1/p-1/b36-34+;. The molecule has 0 radical (unpaired) electrons. The first-order valence-corrected chi connectivity index (χ1v) is 21.1. The second kappa shape index (κ2) is 39.1. The maximum Gasteiger partial charge on any atom is 1.00 e. The van der Waals surface area contributed by atoms with E-state index in [2.05, 4.69) is 30.2 Å². The minimum absolute atomic E-state index is 0. The Morgan fingerprint density at radius 2 is 0.778 bits per heavy atom. The topological polar surface area (TPSA) is 66.4 Å². The molecule has 6 heteroatoms. The summed E-state index contributed by atoms with van der Waals surface area (Å²) in [7, 11) is -4.63. The van der Waals surface area contributed by atoms with Crippen LogP contribution in [0.2, 0.25) is 0 Å². The number of rotatable bonds is 37. The monoisotopic (exact) mass is 665 g/mol. The molecule has 1 unspecified atom stereocenters. The van der Waals surface area contributed by atoms with Gasteiger partial charge < -0.3 is 4.55 Å². The molecule has 0 N–H and O–H groups in total. The van der Waals surface area contributed by atoms with Crippen molar-refractivity contribution in [2.45, 2.75) is 226 Å². The third-order valence-electron chi connectivity index (χ3n) is 9.24. The fraction of sp³-hybridized carbons (Fsp3) is 0.949. The van der Waals surface area contributed by atoms with Crippen LogP contribution in [0.15, 0.2) is 12.2 Å². The van der Waals surface area contributed by atoms with Crippen molar-refractivity contribution in [3.63, 3.8) is 0 Å². The van der Waals surface area contributed by atoms with Crippen LogP contribution in [0, 0.1) is 5.92 Å². The molecule has 0 heterocycles. The second-order valence-electron chi connectivity index (χ2n) is 13.7. The fourth-order valence-corrected chi connectivity index (χ4v) is 6.62. The predicted molar refractivity (Wildman–Crippen MR) is 192 cm³/mol. The molecule has 0 aromatic carbocycles. The quantitative estimate of drug-likeness (QED) is 0.0218.